The summed E-state index contributed by atoms with van der Waals surface area (Å²) in [5, 5.41) is 8.72. The largest absolute Gasteiger partial charge is 0.481 e. The predicted molar refractivity (Wildman–Crippen MR) is 95.1 cm³/mol. The number of hydrazine groups is 1. The van der Waals surface area contributed by atoms with Gasteiger partial charge in [-0.2, -0.15) is 5.10 Å². The third-order valence-electron chi connectivity index (χ3n) is 3.49. The third-order valence-corrected chi connectivity index (χ3v) is 3.74. The summed E-state index contributed by atoms with van der Waals surface area (Å²) in [5.74, 6) is 0.894. The second kappa shape index (κ2) is 7.59. The summed E-state index contributed by atoms with van der Waals surface area (Å²) >= 11 is 5.98. The summed E-state index contributed by atoms with van der Waals surface area (Å²) in [6.07, 6.45) is 3.84. The highest BCUT2D eigenvalue weighted by atomic mass is 35.5. The van der Waals surface area contributed by atoms with Crippen molar-refractivity contribution < 1.29 is 9.53 Å². The van der Waals surface area contributed by atoms with E-state index in [0.717, 1.165) is 22.3 Å². The maximum atomic E-state index is 10.6. The zero-order valence-corrected chi connectivity index (χ0v) is 14.0. The molecule has 0 unspecified atom stereocenters. The Labute approximate surface area is 149 Å². The van der Waals surface area contributed by atoms with Gasteiger partial charge in [-0.3, -0.25) is 15.6 Å². The Balaban J connectivity index is 2.16. The topological polar surface area (TPSA) is 89.0 Å². The number of hydrogen-bond acceptors (Lipinski definition) is 6. The van der Waals surface area contributed by atoms with E-state index in [1.54, 1.807) is 37.7 Å². The molecular weight excluding hydrogens is 342 g/mol. The lowest BCUT2D eigenvalue weighted by Crippen LogP contribution is -2.21. The fourth-order valence-electron chi connectivity index (χ4n) is 2.36. The monoisotopic (exact) mass is 355 g/mol. The van der Waals surface area contributed by atoms with Crippen molar-refractivity contribution in [3.8, 4) is 28.1 Å². The smallest absolute Gasteiger partial charge is 0.225 e. The standard InChI is InChI=1S/C17H14ClN5O2/c1-25-15-7-4-12(8-19-15)16-14(11-2-5-13(18)6-3-11)9-20-22-17(16)23-21-10-24/h2-10H,1H3,(H,21,24)(H,22,23). The average Bonchev–Trinajstić information content (AvgIpc) is 2.67. The molecule has 7 nitrogen and oxygen atoms in total. The van der Waals surface area contributed by atoms with Crippen LogP contribution in [0.15, 0.2) is 48.8 Å². The summed E-state index contributed by atoms with van der Waals surface area (Å²) in [6, 6.07) is 11.0. The molecule has 0 atom stereocenters. The van der Waals surface area contributed by atoms with Gasteiger partial charge >= 0.3 is 0 Å². The van der Waals surface area contributed by atoms with Crippen LogP contribution in [0.5, 0.6) is 5.88 Å². The van der Waals surface area contributed by atoms with E-state index in [0.29, 0.717) is 23.1 Å². The Kier molecular flexibility index (Phi) is 5.06. The number of amides is 1. The van der Waals surface area contributed by atoms with E-state index in [-0.39, 0.29) is 0 Å². The first-order valence-electron chi connectivity index (χ1n) is 7.30. The molecule has 25 heavy (non-hydrogen) atoms. The molecule has 3 rings (SSSR count). The van der Waals surface area contributed by atoms with Gasteiger partial charge in [-0.15, -0.1) is 5.10 Å². The average molecular weight is 356 g/mol. The number of nitrogens with zero attached hydrogens (tertiary/aromatic N) is 3. The molecule has 0 saturated carbocycles. The van der Waals surface area contributed by atoms with Crippen LogP contribution in [0, 0.1) is 0 Å². The molecule has 8 heteroatoms. The second-order valence-corrected chi connectivity index (χ2v) is 5.40. The lowest BCUT2D eigenvalue weighted by Gasteiger charge is -2.14. The highest BCUT2D eigenvalue weighted by molar-refractivity contribution is 6.30. The summed E-state index contributed by atoms with van der Waals surface area (Å²) in [5.41, 5.74) is 8.36. The molecule has 0 saturated heterocycles. The number of nitrogens with one attached hydrogen (secondary N) is 2. The van der Waals surface area contributed by atoms with Crippen LogP contribution in [0.1, 0.15) is 0 Å². The van der Waals surface area contributed by atoms with Gasteiger partial charge < -0.3 is 4.74 Å². The fraction of sp³-hybridized carbons (Fsp3) is 0.0588. The predicted octanol–water partition coefficient (Wildman–Crippen LogP) is 2.94. The first kappa shape index (κ1) is 16.7. The number of anilines is 1. The Bertz CT molecular complexity index is 869. The Morgan fingerprint density at radius 2 is 1.84 bits per heavy atom. The molecule has 2 heterocycles. The van der Waals surface area contributed by atoms with Crippen LogP contribution in [0.3, 0.4) is 0 Å². The van der Waals surface area contributed by atoms with E-state index in [1.165, 1.54) is 0 Å². The van der Waals surface area contributed by atoms with Gasteiger partial charge in [0.15, 0.2) is 5.82 Å². The first-order valence-corrected chi connectivity index (χ1v) is 7.68. The highest BCUT2D eigenvalue weighted by Gasteiger charge is 2.15. The molecule has 0 aliphatic rings. The second-order valence-electron chi connectivity index (χ2n) is 4.97. The van der Waals surface area contributed by atoms with Crippen molar-refractivity contribution in [1.29, 1.82) is 0 Å². The van der Waals surface area contributed by atoms with E-state index in [4.69, 9.17) is 16.3 Å². The molecule has 0 aliphatic carbocycles. The molecule has 2 N–H and O–H groups in total. The molecule has 0 bridgehead atoms. The van der Waals surface area contributed by atoms with Gasteiger partial charge in [-0.25, -0.2) is 4.98 Å². The van der Waals surface area contributed by atoms with Crippen LogP contribution in [0.4, 0.5) is 5.82 Å². The van der Waals surface area contributed by atoms with Gasteiger partial charge in [0.05, 0.1) is 13.3 Å². The number of rotatable bonds is 6. The number of methoxy groups -OCH3 is 1. The van der Waals surface area contributed by atoms with Crippen LogP contribution >= 0.6 is 11.6 Å². The fourth-order valence-corrected chi connectivity index (χ4v) is 2.49. The Morgan fingerprint density at radius 3 is 2.48 bits per heavy atom. The van der Waals surface area contributed by atoms with Crippen LogP contribution < -0.4 is 15.6 Å². The number of halogens is 1. The zero-order valence-electron chi connectivity index (χ0n) is 13.2. The molecule has 2 aromatic heterocycles. The SMILES string of the molecule is COc1ccc(-c2c(-c3ccc(Cl)cc3)cnnc2NNC=O)cn1. The summed E-state index contributed by atoms with van der Waals surface area (Å²) < 4.78 is 5.10. The summed E-state index contributed by atoms with van der Waals surface area (Å²) in [7, 11) is 1.55. The van der Waals surface area contributed by atoms with Crippen molar-refractivity contribution >= 4 is 23.8 Å². The van der Waals surface area contributed by atoms with Crippen LogP contribution in [0.25, 0.3) is 22.3 Å². The van der Waals surface area contributed by atoms with Gasteiger partial charge in [-0.1, -0.05) is 23.7 Å². The van der Waals surface area contributed by atoms with Gasteiger partial charge in [0.25, 0.3) is 0 Å². The van der Waals surface area contributed by atoms with E-state index in [9.17, 15) is 4.79 Å². The van der Waals surface area contributed by atoms with E-state index in [2.05, 4.69) is 26.0 Å². The minimum Gasteiger partial charge on any atom is -0.481 e. The number of carbonyl (C=O) groups is 1. The number of ether oxygens (including phenoxy) is 1. The minimum atomic E-state index is 0.395. The lowest BCUT2D eigenvalue weighted by atomic mass is 9.98. The van der Waals surface area contributed by atoms with E-state index in [1.807, 2.05) is 18.2 Å². The quantitative estimate of drug-likeness (QED) is 0.522. The molecule has 0 radical (unpaired) electrons. The Morgan fingerprint density at radius 1 is 1.08 bits per heavy atom. The molecule has 1 aromatic carbocycles. The minimum absolute atomic E-state index is 0.395. The molecular formula is C17H14ClN5O2. The number of carbonyl (C=O) groups excluding carboxylic acids is 1. The first-order chi connectivity index (χ1) is 12.2. The van der Waals surface area contributed by atoms with Crippen molar-refractivity contribution in [3.63, 3.8) is 0 Å². The number of benzene rings is 1. The molecule has 126 valence electrons. The summed E-state index contributed by atoms with van der Waals surface area (Å²) in [4.78, 5) is 14.9. The van der Waals surface area contributed by atoms with E-state index < -0.39 is 0 Å². The molecule has 0 aliphatic heterocycles. The molecule has 0 fully saturated rings. The van der Waals surface area contributed by atoms with Crippen molar-refractivity contribution in [1.82, 2.24) is 20.6 Å². The Hall–Kier alpha value is -3.19. The molecule has 1 amide bonds. The van der Waals surface area contributed by atoms with Crippen LogP contribution in [-0.2, 0) is 4.79 Å². The lowest BCUT2D eigenvalue weighted by molar-refractivity contribution is -0.109. The van der Waals surface area contributed by atoms with Gasteiger partial charge in [0, 0.05) is 34.0 Å². The third kappa shape index (κ3) is 3.67. The van der Waals surface area contributed by atoms with Crippen LogP contribution in [0.2, 0.25) is 5.02 Å². The number of pyridine rings is 1. The maximum Gasteiger partial charge on any atom is 0.225 e. The van der Waals surface area contributed by atoms with Crippen molar-refractivity contribution in [2.45, 2.75) is 0 Å². The number of aromatic nitrogens is 3. The van der Waals surface area contributed by atoms with E-state index >= 15 is 0 Å². The maximum absolute atomic E-state index is 10.6. The normalized spacial score (nSPS) is 10.2. The van der Waals surface area contributed by atoms with Gasteiger partial charge in [0.1, 0.15) is 0 Å². The van der Waals surface area contributed by atoms with Gasteiger partial charge in [0.2, 0.25) is 12.3 Å². The molecule has 3 aromatic rings. The van der Waals surface area contributed by atoms with Crippen molar-refractivity contribution in [3.05, 3.63) is 53.8 Å². The van der Waals surface area contributed by atoms with Crippen LogP contribution in [-0.4, -0.2) is 28.7 Å². The summed E-state index contributed by atoms with van der Waals surface area (Å²) in [6.45, 7) is 0. The zero-order chi connectivity index (χ0) is 17.6. The number of hydrogen-bond donors (Lipinski definition) is 2. The highest BCUT2D eigenvalue weighted by Crippen LogP contribution is 2.36. The van der Waals surface area contributed by atoms with Crippen molar-refractivity contribution in [2.24, 2.45) is 0 Å². The van der Waals surface area contributed by atoms with Crippen molar-refractivity contribution in [2.75, 3.05) is 12.5 Å². The molecule has 0 spiro atoms. The van der Waals surface area contributed by atoms with Gasteiger partial charge in [-0.05, 0) is 23.8 Å².